The van der Waals surface area contributed by atoms with E-state index in [1.165, 1.54) is 24.4 Å². The first-order chi connectivity index (χ1) is 8.20. The first-order valence-electron chi connectivity index (χ1n) is 4.78. The quantitative estimate of drug-likeness (QED) is 0.884. The molecule has 0 spiro atoms. The van der Waals surface area contributed by atoms with Crippen molar-refractivity contribution in [2.45, 2.75) is 0 Å². The second kappa shape index (κ2) is 4.81. The Balaban J connectivity index is 2.38. The molecule has 0 fully saturated rings. The number of halogens is 2. The number of pyridine rings is 1. The summed E-state index contributed by atoms with van der Waals surface area (Å²) in [6, 6.07) is 9.34. The van der Waals surface area contributed by atoms with E-state index in [4.69, 9.17) is 16.9 Å². The fourth-order valence-corrected chi connectivity index (χ4v) is 1.49. The Morgan fingerprint density at radius 2 is 2.18 bits per heavy atom. The van der Waals surface area contributed by atoms with Crippen molar-refractivity contribution in [2.75, 3.05) is 5.32 Å². The van der Waals surface area contributed by atoms with Gasteiger partial charge in [0.25, 0.3) is 0 Å². The molecule has 0 radical (unpaired) electrons. The predicted molar refractivity (Wildman–Crippen MR) is 63.6 cm³/mol. The largest absolute Gasteiger partial charge is 0.337 e. The van der Waals surface area contributed by atoms with Crippen molar-refractivity contribution in [1.82, 2.24) is 4.98 Å². The van der Waals surface area contributed by atoms with Crippen LogP contribution in [0.5, 0.6) is 0 Å². The first-order valence-corrected chi connectivity index (χ1v) is 5.15. The molecule has 0 bridgehead atoms. The van der Waals surface area contributed by atoms with Gasteiger partial charge in [0.15, 0.2) is 0 Å². The molecule has 17 heavy (non-hydrogen) atoms. The molecule has 0 aliphatic rings. The second-order valence-electron chi connectivity index (χ2n) is 3.26. The van der Waals surface area contributed by atoms with Gasteiger partial charge < -0.3 is 5.32 Å². The van der Waals surface area contributed by atoms with Crippen molar-refractivity contribution in [3.05, 3.63) is 52.9 Å². The van der Waals surface area contributed by atoms with Gasteiger partial charge in [0, 0.05) is 11.2 Å². The van der Waals surface area contributed by atoms with Crippen molar-refractivity contribution in [3.8, 4) is 6.07 Å². The fraction of sp³-hybridized carbons (Fsp3) is 0. The summed E-state index contributed by atoms with van der Waals surface area (Å²) in [6.45, 7) is 0. The lowest BCUT2D eigenvalue weighted by molar-refractivity contribution is 0.632. The lowest BCUT2D eigenvalue weighted by Crippen LogP contribution is -1.98. The number of anilines is 2. The topological polar surface area (TPSA) is 48.7 Å². The molecule has 0 unspecified atom stereocenters. The number of hydrogen-bond donors (Lipinski definition) is 1. The highest BCUT2D eigenvalue weighted by Gasteiger charge is 2.07. The molecule has 1 N–H and O–H groups in total. The van der Waals surface area contributed by atoms with E-state index in [0.29, 0.717) is 16.4 Å². The molecule has 0 amide bonds. The molecule has 1 heterocycles. The number of nitrogens with zero attached hydrogens (tertiary/aromatic N) is 2. The van der Waals surface area contributed by atoms with Gasteiger partial charge in [-0.15, -0.1) is 0 Å². The Morgan fingerprint density at radius 1 is 1.35 bits per heavy atom. The highest BCUT2D eigenvalue weighted by molar-refractivity contribution is 6.30. The maximum Gasteiger partial charge on any atom is 0.148 e. The lowest BCUT2D eigenvalue weighted by Gasteiger charge is -2.08. The molecule has 2 rings (SSSR count). The number of rotatable bonds is 2. The molecule has 5 heteroatoms. The molecule has 0 aliphatic heterocycles. The van der Waals surface area contributed by atoms with Gasteiger partial charge in [0.1, 0.15) is 17.7 Å². The van der Waals surface area contributed by atoms with Crippen LogP contribution in [0.25, 0.3) is 0 Å². The van der Waals surface area contributed by atoms with Crippen LogP contribution in [0.2, 0.25) is 5.02 Å². The summed E-state index contributed by atoms with van der Waals surface area (Å²) in [4.78, 5) is 3.97. The molecule has 0 atom stereocenters. The summed E-state index contributed by atoms with van der Waals surface area (Å²) in [5, 5.41) is 12.0. The molecule has 84 valence electrons. The third-order valence-electron chi connectivity index (χ3n) is 2.11. The van der Waals surface area contributed by atoms with Crippen LogP contribution in [0.4, 0.5) is 15.9 Å². The molecule has 0 saturated heterocycles. The summed E-state index contributed by atoms with van der Waals surface area (Å²) in [5.41, 5.74) is 0.527. The fourth-order valence-electron chi connectivity index (χ4n) is 1.32. The molecule has 1 aromatic carbocycles. The minimum Gasteiger partial charge on any atom is -0.337 e. The normalized spacial score (nSPS) is 9.71. The average molecular weight is 248 g/mol. The van der Waals surface area contributed by atoms with E-state index in [9.17, 15) is 4.39 Å². The highest BCUT2D eigenvalue weighted by atomic mass is 35.5. The van der Waals surface area contributed by atoms with Crippen molar-refractivity contribution < 1.29 is 4.39 Å². The van der Waals surface area contributed by atoms with Gasteiger partial charge in [0.2, 0.25) is 0 Å². The summed E-state index contributed by atoms with van der Waals surface area (Å²) in [5.74, 6) is -0.153. The van der Waals surface area contributed by atoms with Crippen LogP contribution in [-0.4, -0.2) is 4.98 Å². The van der Waals surface area contributed by atoms with Crippen LogP contribution in [-0.2, 0) is 0 Å². The van der Waals surface area contributed by atoms with Gasteiger partial charge >= 0.3 is 0 Å². The maximum atomic E-state index is 13.5. The number of nitriles is 1. The third-order valence-corrected chi connectivity index (χ3v) is 2.34. The molecule has 0 saturated carbocycles. The van der Waals surface area contributed by atoms with Crippen LogP contribution in [0, 0.1) is 17.1 Å². The Kier molecular flexibility index (Phi) is 3.22. The van der Waals surface area contributed by atoms with E-state index in [1.807, 2.05) is 6.07 Å². The summed E-state index contributed by atoms with van der Waals surface area (Å²) < 4.78 is 13.5. The molecule has 2 aromatic rings. The summed E-state index contributed by atoms with van der Waals surface area (Å²) in [7, 11) is 0. The van der Waals surface area contributed by atoms with Gasteiger partial charge in [-0.1, -0.05) is 11.6 Å². The molecule has 0 aliphatic carbocycles. The zero-order valence-corrected chi connectivity index (χ0v) is 9.37. The van der Waals surface area contributed by atoms with Crippen LogP contribution < -0.4 is 5.32 Å². The third kappa shape index (κ3) is 2.52. The maximum absolute atomic E-state index is 13.5. The Morgan fingerprint density at radius 3 is 2.94 bits per heavy atom. The Labute approximate surface area is 102 Å². The van der Waals surface area contributed by atoms with Crippen molar-refractivity contribution >= 4 is 23.1 Å². The highest BCUT2D eigenvalue weighted by Crippen LogP contribution is 2.23. The number of hydrogen-bond acceptors (Lipinski definition) is 3. The summed E-state index contributed by atoms with van der Waals surface area (Å²) >= 11 is 5.76. The number of nitrogens with one attached hydrogen (secondary N) is 1. The van der Waals surface area contributed by atoms with Gasteiger partial charge in [-0.25, -0.2) is 9.37 Å². The van der Waals surface area contributed by atoms with E-state index >= 15 is 0 Å². The molecular formula is C12H7ClFN3. The van der Waals surface area contributed by atoms with Gasteiger partial charge in [-0.3, -0.25) is 0 Å². The molecule has 3 nitrogen and oxygen atoms in total. The molecular weight excluding hydrogens is 241 g/mol. The standard InChI is InChI=1S/C12H7ClFN3/c13-9-3-4-10(14)11(6-9)17-12-8(7-15)2-1-5-16-12/h1-6H,(H,16,17). The van der Waals surface area contributed by atoms with E-state index < -0.39 is 5.82 Å². The average Bonchev–Trinajstić information content (AvgIpc) is 2.34. The monoisotopic (exact) mass is 247 g/mol. The number of benzene rings is 1. The van der Waals surface area contributed by atoms with Crippen LogP contribution in [0.15, 0.2) is 36.5 Å². The van der Waals surface area contributed by atoms with E-state index in [-0.39, 0.29) is 5.69 Å². The minimum atomic E-state index is -0.455. The van der Waals surface area contributed by atoms with E-state index in [2.05, 4.69) is 10.3 Å². The minimum absolute atomic E-state index is 0.188. The lowest BCUT2D eigenvalue weighted by atomic mass is 10.2. The Bertz CT molecular complexity index is 593. The molecule has 1 aromatic heterocycles. The van der Waals surface area contributed by atoms with Crippen LogP contribution in [0.3, 0.4) is 0 Å². The Hall–Kier alpha value is -2.12. The van der Waals surface area contributed by atoms with E-state index in [1.54, 1.807) is 12.1 Å². The summed E-state index contributed by atoms with van der Waals surface area (Å²) in [6.07, 6.45) is 1.52. The second-order valence-corrected chi connectivity index (χ2v) is 3.70. The first kappa shape index (κ1) is 11.4. The van der Waals surface area contributed by atoms with E-state index in [0.717, 1.165) is 0 Å². The van der Waals surface area contributed by atoms with Crippen LogP contribution >= 0.6 is 11.6 Å². The zero-order valence-electron chi connectivity index (χ0n) is 8.61. The smallest absolute Gasteiger partial charge is 0.148 e. The van der Waals surface area contributed by atoms with Gasteiger partial charge in [-0.05, 0) is 30.3 Å². The van der Waals surface area contributed by atoms with Gasteiger partial charge in [-0.2, -0.15) is 5.26 Å². The van der Waals surface area contributed by atoms with Crippen molar-refractivity contribution in [2.24, 2.45) is 0 Å². The SMILES string of the molecule is N#Cc1cccnc1Nc1cc(Cl)ccc1F. The van der Waals surface area contributed by atoms with Gasteiger partial charge in [0.05, 0.1) is 11.3 Å². The van der Waals surface area contributed by atoms with Crippen LogP contribution in [0.1, 0.15) is 5.56 Å². The van der Waals surface area contributed by atoms with Crippen molar-refractivity contribution in [1.29, 1.82) is 5.26 Å². The van der Waals surface area contributed by atoms with Crippen molar-refractivity contribution in [3.63, 3.8) is 0 Å². The number of aromatic nitrogens is 1. The predicted octanol–water partition coefficient (Wildman–Crippen LogP) is 3.49. The zero-order chi connectivity index (χ0) is 12.3.